The maximum atomic E-state index is 9.37. The van der Waals surface area contributed by atoms with Crippen molar-refractivity contribution in [3.05, 3.63) is 22.3 Å². The Labute approximate surface area is 173 Å². The van der Waals surface area contributed by atoms with Crippen LogP contribution in [0.3, 0.4) is 0 Å². The molecule has 0 aromatic heterocycles. The third kappa shape index (κ3) is 8.38. The van der Waals surface area contributed by atoms with Gasteiger partial charge < -0.3 is 0 Å². The predicted octanol–water partition coefficient (Wildman–Crippen LogP) is 6.11. The van der Waals surface area contributed by atoms with Crippen LogP contribution in [0.15, 0.2) is 22.3 Å². The summed E-state index contributed by atoms with van der Waals surface area (Å²) in [5, 5.41) is 10.0. The maximum absolute atomic E-state index is 9.37. The van der Waals surface area contributed by atoms with Crippen molar-refractivity contribution in [3.63, 3.8) is 0 Å². The number of hydrogen-bond acceptors (Lipinski definition) is 3. The topological polar surface area (TPSA) is 30.3 Å². The van der Waals surface area contributed by atoms with Crippen LogP contribution in [-0.2, 0) is 0 Å². The molecular weight excluding hydrogens is 354 g/mol. The molecule has 1 aliphatic rings. The summed E-state index contributed by atoms with van der Waals surface area (Å²) in [4.78, 5) is 5.31. The van der Waals surface area contributed by atoms with E-state index in [2.05, 4.69) is 43.6 Å². The van der Waals surface area contributed by atoms with Gasteiger partial charge in [0.25, 0.3) is 0 Å². The van der Waals surface area contributed by atoms with E-state index in [1.165, 1.54) is 51.5 Å². The van der Waals surface area contributed by atoms with Gasteiger partial charge in [-0.1, -0.05) is 45.2 Å². The van der Waals surface area contributed by atoms with E-state index in [1.807, 2.05) is 6.92 Å². The first-order valence-corrected chi connectivity index (χ1v) is 11.3. The van der Waals surface area contributed by atoms with Gasteiger partial charge in [0, 0.05) is 23.7 Å². The molecule has 4 heteroatoms. The standard InChI is InChI=1S/C23H40ClN3/c1-6-9-10-13-27(22(7-2)8-3)23-11-14-26(15-12-23)18-19(4)21(17-25)16-20(5)24/h16,22-23H,6-15,18H2,1-5H3/b20-16+,21-19-. The quantitative estimate of drug-likeness (QED) is 0.241. The van der Waals surface area contributed by atoms with Crippen molar-refractivity contribution < 1.29 is 0 Å². The molecule has 1 saturated heterocycles. The fourth-order valence-electron chi connectivity index (χ4n) is 4.24. The SMILES string of the molecule is CCCCCN(C(CC)CC)C1CCN(C/C(C)=C(C#N)/C=C(\C)Cl)CC1. The Kier molecular flexibility index (Phi) is 12.0. The third-order valence-corrected chi connectivity index (χ3v) is 5.95. The van der Waals surface area contributed by atoms with Crippen LogP contribution in [0.1, 0.15) is 79.6 Å². The summed E-state index contributed by atoms with van der Waals surface area (Å²) in [7, 11) is 0. The molecule has 154 valence electrons. The molecule has 0 aliphatic carbocycles. The van der Waals surface area contributed by atoms with Crippen LogP contribution in [0, 0.1) is 11.3 Å². The summed E-state index contributed by atoms with van der Waals surface area (Å²) in [6.07, 6.45) is 10.7. The van der Waals surface area contributed by atoms with Gasteiger partial charge in [0.15, 0.2) is 0 Å². The van der Waals surface area contributed by atoms with Crippen molar-refractivity contribution in [3.8, 4) is 6.07 Å². The van der Waals surface area contributed by atoms with Gasteiger partial charge in [-0.3, -0.25) is 9.80 Å². The fraction of sp³-hybridized carbons (Fsp3) is 0.783. The van der Waals surface area contributed by atoms with Gasteiger partial charge in [0.1, 0.15) is 0 Å². The molecule has 1 heterocycles. The molecule has 1 aliphatic heterocycles. The molecule has 0 N–H and O–H groups in total. The van der Waals surface area contributed by atoms with Gasteiger partial charge in [0.2, 0.25) is 0 Å². The minimum Gasteiger partial charge on any atom is -0.299 e. The van der Waals surface area contributed by atoms with Gasteiger partial charge in [-0.25, -0.2) is 0 Å². The van der Waals surface area contributed by atoms with Crippen LogP contribution in [0.5, 0.6) is 0 Å². The van der Waals surface area contributed by atoms with E-state index in [9.17, 15) is 5.26 Å². The van der Waals surface area contributed by atoms with Crippen LogP contribution in [0.4, 0.5) is 0 Å². The molecule has 0 saturated carbocycles. The highest BCUT2D eigenvalue weighted by Gasteiger charge is 2.28. The number of unbranched alkanes of at least 4 members (excludes halogenated alkanes) is 2. The Morgan fingerprint density at radius 1 is 1.19 bits per heavy atom. The van der Waals surface area contributed by atoms with Crippen LogP contribution in [0.2, 0.25) is 0 Å². The molecule has 0 bridgehead atoms. The molecule has 0 amide bonds. The number of likely N-dealkylation sites (tertiary alicyclic amines) is 1. The lowest BCUT2D eigenvalue weighted by atomic mass is 9.97. The highest BCUT2D eigenvalue weighted by Crippen LogP contribution is 2.23. The van der Waals surface area contributed by atoms with E-state index in [0.717, 1.165) is 31.2 Å². The summed E-state index contributed by atoms with van der Waals surface area (Å²) < 4.78 is 0. The first-order valence-electron chi connectivity index (χ1n) is 10.9. The summed E-state index contributed by atoms with van der Waals surface area (Å²) in [5.41, 5.74) is 1.83. The molecule has 0 aromatic carbocycles. The van der Waals surface area contributed by atoms with Crippen LogP contribution in [0.25, 0.3) is 0 Å². The number of allylic oxidation sites excluding steroid dienone is 3. The van der Waals surface area contributed by atoms with E-state index in [0.29, 0.717) is 16.6 Å². The fourth-order valence-corrected chi connectivity index (χ4v) is 4.35. The lowest BCUT2D eigenvalue weighted by Crippen LogP contribution is -2.49. The number of piperidine rings is 1. The van der Waals surface area contributed by atoms with Gasteiger partial charge >= 0.3 is 0 Å². The van der Waals surface area contributed by atoms with Crippen LogP contribution in [-0.4, -0.2) is 48.1 Å². The molecule has 3 nitrogen and oxygen atoms in total. The first kappa shape index (κ1) is 24.2. The number of halogens is 1. The lowest BCUT2D eigenvalue weighted by molar-refractivity contribution is 0.0704. The normalized spacial score (nSPS) is 18.1. The zero-order valence-electron chi connectivity index (χ0n) is 18.2. The first-order chi connectivity index (χ1) is 13.0. The number of hydrogen-bond donors (Lipinski definition) is 0. The van der Waals surface area contributed by atoms with Crippen LogP contribution < -0.4 is 0 Å². The lowest BCUT2D eigenvalue weighted by Gasteiger charge is -2.42. The average molecular weight is 394 g/mol. The monoisotopic (exact) mass is 393 g/mol. The van der Waals surface area contributed by atoms with Gasteiger partial charge in [-0.2, -0.15) is 5.26 Å². The molecule has 0 aromatic rings. The second kappa shape index (κ2) is 13.4. The van der Waals surface area contributed by atoms with Gasteiger partial charge in [-0.15, -0.1) is 0 Å². The smallest absolute Gasteiger partial charge is 0.0991 e. The summed E-state index contributed by atoms with van der Waals surface area (Å²) >= 11 is 5.96. The predicted molar refractivity (Wildman–Crippen MR) is 118 cm³/mol. The second-order valence-corrected chi connectivity index (χ2v) is 8.56. The summed E-state index contributed by atoms with van der Waals surface area (Å²) in [6.45, 7) is 15.2. The van der Waals surface area contributed by atoms with Gasteiger partial charge in [-0.05, 0) is 77.2 Å². The summed E-state index contributed by atoms with van der Waals surface area (Å²) in [5.74, 6) is 0. The summed E-state index contributed by atoms with van der Waals surface area (Å²) in [6, 6.07) is 3.73. The Bertz CT molecular complexity index is 516. The molecule has 0 unspecified atom stereocenters. The Balaban J connectivity index is 2.68. The number of nitrogens with zero attached hydrogens (tertiary/aromatic N) is 3. The molecular formula is C23H40ClN3. The second-order valence-electron chi connectivity index (χ2n) is 7.96. The Morgan fingerprint density at radius 3 is 2.30 bits per heavy atom. The van der Waals surface area contributed by atoms with E-state index in [4.69, 9.17) is 11.6 Å². The zero-order valence-corrected chi connectivity index (χ0v) is 19.0. The van der Waals surface area contributed by atoms with Crippen molar-refractivity contribution in [2.75, 3.05) is 26.2 Å². The highest BCUT2D eigenvalue weighted by molar-refractivity contribution is 6.29. The third-order valence-electron chi connectivity index (χ3n) is 5.84. The minimum atomic E-state index is 0.664. The number of nitriles is 1. The van der Waals surface area contributed by atoms with Crippen molar-refractivity contribution >= 4 is 11.6 Å². The van der Waals surface area contributed by atoms with Crippen molar-refractivity contribution in [1.82, 2.24) is 9.80 Å². The van der Waals surface area contributed by atoms with Crippen molar-refractivity contribution in [2.45, 2.75) is 91.6 Å². The van der Waals surface area contributed by atoms with E-state index in [-0.39, 0.29) is 0 Å². The van der Waals surface area contributed by atoms with E-state index >= 15 is 0 Å². The Morgan fingerprint density at radius 2 is 1.81 bits per heavy atom. The molecule has 27 heavy (non-hydrogen) atoms. The van der Waals surface area contributed by atoms with Gasteiger partial charge in [0.05, 0.1) is 11.6 Å². The van der Waals surface area contributed by atoms with Crippen molar-refractivity contribution in [1.29, 1.82) is 5.26 Å². The molecule has 1 fully saturated rings. The maximum Gasteiger partial charge on any atom is 0.0991 e. The van der Waals surface area contributed by atoms with Crippen LogP contribution >= 0.6 is 11.6 Å². The highest BCUT2D eigenvalue weighted by atomic mass is 35.5. The minimum absolute atomic E-state index is 0.664. The van der Waals surface area contributed by atoms with Crippen molar-refractivity contribution in [2.24, 2.45) is 0 Å². The average Bonchev–Trinajstić information content (AvgIpc) is 2.66. The molecule has 0 spiro atoms. The number of rotatable bonds is 11. The molecule has 1 rings (SSSR count). The van der Waals surface area contributed by atoms with E-state index < -0.39 is 0 Å². The molecule has 0 radical (unpaired) electrons. The Hall–Kier alpha value is -0.820. The molecule has 0 atom stereocenters. The largest absolute Gasteiger partial charge is 0.299 e. The van der Waals surface area contributed by atoms with E-state index in [1.54, 1.807) is 6.08 Å². The zero-order chi connectivity index (χ0) is 20.2.